The number of nitrogens with zero attached hydrogens (tertiary/aromatic N) is 1. The molecule has 1 aliphatic rings. The number of rotatable bonds is 7. The molecule has 0 saturated carbocycles. The molecule has 138 valence electrons. The number of ether oxygens (including phenoxy) is 2. The summed E-state index contributed by atoms with van der Waals surface area (Å²) in [5, 5.41) is 13.2. The van der Waals surface area contributed by atoms with Crippen LogP contribution in [0, 0.1) is 0 Å². The van der Waals surface area contributed by atoms with Crippen molar-refractivity contribution in [1.29, 1.82) is 0 Å². The minimum Gasteiger partial charge on any atom is -0.494 e. The minimum atomic E-state index is -0.248. The number of anilines is 1. The van der Waals surface area contributed by atoms with Crippen LogP contribution in [0.15, 0.2) is 24.3 Å². The molecule has 1 aromatic heterocycles. The van der Waals surface area contributed by atoms with E-state index in [-0.39, 0.29) is 11.9 Å². The average Bonchev–Trinajstić information content (AvgIpc) is 3.10. The van der Waals surface area contributed by atoms with Crippen LogP contribution in [-0.2, 0) is 22.5 Å². The Morgan fingerprint density at radius 1 is 1.27 bits per heavy atom. The fourth-order valence-corrected chi connectivity index (χ4v) is 2.75. The molecule has 0 atom stereocenters. The number of H-pyrrole nitrogens is 1. The number of hydrogen-bond donors (Lipinski definition) is 3. The van der Waals surface area contributed by atoms with E-state index in [0.29, 0.717) is 43.1 Å². The van der Waals surface area contributed by atoms with Gasteiger partial charge in [0, 0.05) is 42.9 Å². The second kappa shape index (κ2) is 8.48. The smallest absolute Gasteiger partial charge is 0.305 e. The first-order chi connectivity index (χ1) is 12.7. The topological polar surface area (TPSA) is 105 Å². The van der Waals surface area contributed by atoms with E-state index < -0.39 is 0 Å². The van der Waals surface area contributed by atoms with Crippen LogP contribution >= 0.6 is 0 Å². The quantitative estimate of drug-likeness (QED) is 0.513. The molecule has 1 aliphatic heterocycles. The van der Waals surface area contributed by atoms with Crippen molar-refractivity contribution in [2.24, 2.45) is 0 Å². The van der Waals surface area contributed by atoms with Gasteiger partial charge in [-0.2, -0.15) is 5.10 Å². The minimum absolute atomic E-state index is 0.238. The number of fused-ring (bicyclic) bond motifs is 1. The number of nitrogens with one attached hydrogen (secondary N) is 3. The number of carbonyl (C=O) groups excluding carboxylic acids is 2. The van der Waals surface area contributed by atoms with Crippen molar-refractivity contribution >= 4 is 17.6 Å². The predicted molar refractivity (Wildman–Crippen MR) is 95.1 cm³/mol. The predicted octanol–water partition coefficient (Wildman–Crippen LogP) is 1.64. The number of esters is 1. The van der Waals surface area contributed by atoms with Gasteiger partial charge in [0.05, 0.1) is 13.7 Å². The lowest BCUT2D eigenvalue weighted by atomic mass is 10.1. The molecule has 0 saturated heterocycles. The summed E-state index contributed by atoms with van der Waals surface area (Å²) in [7, 11) is 1.37. The largest absolute Gasteiger partial charge is 0.494 e. The second-order valence-corrected chi connectivity index (χ2v) is 5.96. The van der Waals surface area contributed by atoms with Crippen LogP contribution in [0.5, 0.6) is 5.75 Å². The van der Waals surface area contributed by atoms with Crippen LogP contribution in [0.1, 0.15) is 34.6 Å². The van der Waals surface area contributed by atoms with Gasteiger partial charge in [-0.1, -0.05) is 0 Å². The molecule has 3 rings (SSSR count). The van der Waals surface area contributed by atoms with E-state index in [1.165, 1.54) is 7.11 Å². The zero-order valence-electron chi connectivity index (χ0n) is 14.6. The van der Waals surface area contributed by atoms with Crippen LogP contribution in [-0.4, -0.2) is 42.3 Å². The van der Waals surface area contributed by atoms with E-state index in [2.05, 4.69) is 25.6 Å². The van der Waals surface area contributed by atoms with Crippen molar-refractivity contribution in [3.8, 4) is 5.75 Å². The zero-order valence-corrected chi connectivity index (χ0v) is 14.6. The van der Waals surface area contributed by atoms with Gasteiger partial charge in [-0.05, 0) is 30.7 Å². The summed E-state index contributed by atoms with van der Waals surface area (Å²) in [6, 6.07) is 7.08. The fourth-order valence-electron chi connectivity index (χ4n) is 2.75. The normalized spacial score (nSPS) is 13.0. The molecule has 8 heteroatoms. The van der Waals surface area contributed by atoms with Crippen LogP contribution in [0.3, 0.4) is 0 Å². The molecule has 0 radical (unpaired) electrons. The van der Waals surface area contributed by atoms with Crippen LogP contribution in [0.4, 0.5) is 5.69 Å². The van der Waals surface area contributed by atoms with Gasteiger partial charge >= 0.3 is 5.97 Å². The van der Waals surface area contributed by atoms with Gasteiger partial charge in [0.15, 0.2) is 5.69 Å². The lowest BCUT2D eigenvalue weighted by Gasteiger charge is -2.13. The van der Waals surface area contributed by atoms with Gasteiger partial charge in [0.2, 0.25) is 0 Å². The fraction of sp³-hybridized carbons (Fsp3) is 0.389. The van der Waals surface area contributed by atoms with E-state index in [1.807, 2.05) is 0 Å². The van der Waals surface area contributed by atoms with Crippen molar-refractivity contribution in [3.63, 3.8) is 0 Å². The molecule has 0 aliphatic carbocycles. The summed E-state index contributed by atoms with van der Waals surface area (Å²) in [5.74, 6) is 0.189. The molecule has 0 bridgehead atoms. The Morgan fingerprint density at radius 2 is 2.08 bits per heavy atom. The van der Waals surface area contributed by atoms with Gasteiger partial charge < -0.3 is 20.1 Å². The summed E-state index contributed by atoms with van der Waals surface area (Å²) in [6.07, 6.45) is 1.76. The van der Waals surface area contributed by atoms with Gasteiger partial charge in [-0.3, -0.25) is 14.7 Å². The number of methoxy groups -OCH3 is 1. The first-order valence-electron chi connectivity index (χ1n) is 8.55. The molecule has 1 amide bonds. The Balaban J connectivity index is 1.52. The Bertz CT molecular complexity index is 770. The molecule has 8 nitrogen and oxygen atoms in total. The Morgan fingerprint density at radius 3 is 2.85 bits per heavy atom. The van der Waals surface area contributed by atoms with Crippen LogP contribution in [0.2, 0.25) is 0 Å². The molecular formula is C18H22N4O4. The van der Waals surface area contributed by atoms with Gasteiger partial charge in [-0.15, -0.1) is 0 Å². The van der Waals surface area contributed by atoms with E-state index >= 15 is 0 Å². The van der Waals surface area contributed by atoms with Crippen molar-refractivity contribution < 1.29 is 19.1 Å². The summed E-state index contributed by atoms with van der Waals surface area (Å²) in [4.78, 5) is 23.5. The molecular weight excluding hydrogens is 336 g/mol. The third-order valence-electron chi connectivity index (χ3n) is 4.16. The van der Waals surface area contributed by atoms with Crippen molar-refractivity contribution in [3.05, 3.63) is 41.2 Å². The van der Waals surface area contributed by atoms with Crippen molar-refractivity contribution in [2.45, 2.75) is 25.8 Å². The van der Waals surface area contributed by atoms with Crippen molar-refractivity contribution in [1.82, 2.24) is 15.5 Å². The monoisotopic (exact) mass is 358 g/mol. The molecule has 2 heterocycles. The second-order valence-electron chi connectivity index (χ2n) is 5.96. The lowest BCUT2D eigenvalue weighted by molar-refractivity contribution is -0.140. The van der Waals surface area contributed by atoms with Crippen molar-refractivity contribution in [2.75, 3.05) is 25.6 Å². The Hall–Kier alpha value is -2.87. The van der Waals surface area contributed by atoms with E-state index in [4.69, 9.17) is 4.74 Å². The summed E-state index contributed by atoms with van der Waals surface area (Å²) >= 11 is 0. The Labute approximate surface area is 151 Å². The standard InChI is InChI=1S/C18H22N4O4/c1-25-16(23)3-2-10-26-13-6-4-12(5-7-13)20-18(24)17-14-11-19-9-8-15(14)21-22-17/h4-7,19H,2-3,8-11H2,1H3,(H,20,24)(H,21,22). The third-order valence-corrected chi connectivity index (χ3v) is 4.16. The molecule has 26 heavy (non-hydrogen) atoms. The molecule has 3 N–H and O–H groups in total. The lowest BCUT2D eigenvalue weighted by Crippen LogP contribution is -2.25. The maximum Gasteiger partial charge on any atom is 0.305 e. The third kappa shape index (κ3) is 4.40. The number of benzene rings is 1. The number of amides is 1. The highest BCUT2D eigenvalue weighted by molar-refractivity contribution is 6.04. The summed E-state index contributed by atoms with van der Waals surface area (Å²) in [5.41, 5.74) is 3.04. The molecule has 0 unspecified atom stereocenters. The maximum absolute atomic E-state index is 12.4. The van der Waals surface area contributed by atoms with E-state index in [1.54, 1.807) is 24.3 Å². The maximum atomic E-state index is 12.4. The Kier molecular flexibility index (Phi) is 5.85. The summed E-state index contributed by atoms with van der Waals surface area (Å²) in [6.45, 7) is 1.96. The SMILES string of the molecule is COC(=O)CCCOc1ccc(NC(=O)c2n[nH]c3c2CNCC3)cc1. The number of aromatic amines is 1. The van der Waals surface area contributed by atoms with Gasteiger partial charge in [0.1, 0.15) is 5.75 Å². The van der Waals surface area contributed by atoms with E-state index in [0.717, 1.165) is 24.2 Å². The zero-order chi connectivity index (χ0) is 18.4. The molecule has 2 aromatic rings. The van der Waals surface area contributed by atoms with Gasteiger partial charge in [-0.25, -0.2) is 0 Å². The number of carbonyl (C=O) groups is 2. The molecule has 1 aromatic carbocycles. The first-order valence-corrected chi connectivity index (χ1v) is 8.55. The first kappa shape index (κ1) is 17.9. The van der Waals surface area contributed by atoms with Crippen LogP contribution in [0.25, 0.3) is 0 Å². The average molecular weight is 358 g/mol. The van der Waals surface area contributed by atoms with Gasteiger partial charge in [0.25, 0.3) is 5.91 Å². The highest BCUT2D eigenvalue weighted by Gasteiger charge is 2.21. The number of hydrogen-bond acceptors (Lipinski definition) is 6. The highest BCUT2D eigenvalue weighted by Crippen LogP contribution is 2.19. The molecule has 0 spiro atoms. The summed E-state index contributed by atoms with van der Waals surface area (Å²) < 4.78 is 10.1. The van der Waals surface area contributed by atoms with Crippen LogP contribution < -0.4 is 15.4 Å². The molecule has 0 fully saturated rings. The van der Waals surface area contributed by atoms with E-state index in [9.17, 15) is 9.59 Å². The number of aromatic nitrogens is 2. The highest BCUT2D eigenvalue weighted by atomic mass is 16.5.